The molecule has 3 nitrogen and oxygen atoms in total. The highest BCUT2D eigenvalue weighted by molar-refractivity contribution is 7.19. The van der Waals surface area contributed by atoms with Gasteiger partial charge in [-0.1, -0.05) is 11.6 Å². The van der Waals surface area contributed by atoms with E-state index in [1.807, 2.05) is 24.4 Å². The number of hydrogen-bond acceptors (Lipinski definition) is 4. The number of fused-ring (bicyclic) bond motifs is 1. The molecule has 1 aromatic carbocycles. The van der Waals surface area contributed by atoms with E-state index in [2.05, 4.69) is 4.98 Å². The van der Waals surface area contributed by atoms with Gasteiger partial charge in [0.15, 0.2) is 5.75 Å². The van der Waals surface area contributed by atoms with Crippen LogP contribution in [0.2, 0.25) is 5.02 Å². The van der Waals surface area contributed by atoms with Crippen LogP contribution >= 0.6 is 22.9 Å². The summed E-state index contributed by atoms with van der Waals surface area (Å²) in [7, 11) is 0. The summed E-state index contributed by atoms with van der Waals surface area (Å²) in [6, 6.07) is 9.30. The standard InChI is InChI=1S/C14H11ClN2OS/c15-9-1-3-10(4-2-9)18-13-7-17-8-14-12(13)5-11(6-16)19-14/h1-5,7-8H,6,16H2. The van der Waals surface area contributed by atoms with E-state index >= 15 is 0 Å². The van der Waals surface area contributed by atoms with E-state index in [1.165, 1.54) is 0 Å². The summed E-state index contributed by atoms with van der Waals surface area (Å²) >= 11 is 7.49. The molecule has 3 aromatic rings. The first-order valence-electron chi connectivity index (χ1n) is 5.76. The van der Waals surface area contributed by atoms with Gasteiger partial charge in [-0.3, -0.25) is 4.98 Å². The van der Waals surface area contributed by atoms with Crippen molar-refractivity contribution >= 4 is 33.0 Å². The number of aromatic nitrogens is 1. The molecule has 0 spiro atoms. The summed E-state index contributed by atoms with van der Waals surface area (Å²) in [5, 5.41) is 1.72. The SMILES string of the molecule is NCc1cc2c(Oc3ccc(Cl)cc3)cncc2s1. The lowest BCUT2D eigenvalue weighted by molar-refractivity contribution is 0.486. The molecular formula is C14H11ClN2OS. The maximum Gasteiger partial charge on any atom is 0.154 e. The number of thiophene rings is 1. The summed E-state index contributed by atoms with van der Waals surface area (Å²) in [5.74, 6) is 1.47. The average Bonchev–Trinajstić information content (AvgIpc) is 2.85. The third-order valence-electron chi connectivity index (χ3n) is 2.70. The van der Waals surface area contributed by atoms with Gasteiger partial charge in [-0.25, -0.2) is 0 Å². The molecule has 19 heavy (non-hydrogen) atoms. The molecule has 5 heteroatoms. The van der Waals surface area contributed by atoms with E-state index in [1.54, 1.807) is 29.7 Å². The first-order valence-corrected chi connectivity index (χ1v) is 6.95. The lowest BCUT2D eigenvalue weighted by atomic mass is 10.3. The van der Waals surface area contributed by atoms with Gasteiger partial charge in [0.2, 0.25) is 0 Å². The highest BCUT2D eigenvalue weighted by atomic mass is 35.5. The zero-order valence-corrected chi connectivity index (χ0v) is 11.5. The van der Waals surface area contributed by atoms with Crippen LogP contribution in [0.1, 0.15) is 4.88 Å². The Bertz CT molecular complexity index is 709. The summed E-state index contributed by atoms with van der Waals surface area (Å²) < 4.78 is 6.93. The molecule has 0 saturated heterocycles. The molecule has 3 rings (SSSR count). The fourth-order valence-corrected chi connectivity index (χ4v) is 2.85. The maximum absolute atomic E-state index is 5.85. The second-order valence-corrected chi connectivity index (χ2v) is 5.63. The van der Waals surface area contributed by atoms with Crippen molar-refractivity contribution in [2.75, 3.05) is 0 Å². The quantitative estimate of drug-likeness (QED) is 0.786. The van der Waals surface area contributed by atoms with Gasteiger partial charge in [0.05, 0.1) is 10.9 Å². The molecule has 0 aliphatic carbocycles. The van der Waals surface area contributed by atoms with E-state index in [-0.39, 0.29) is 0 Å². The van der Waals surface area contributed by atoms with Gasteiger partial charge < -0.3 is 10.5 Å². The van der Waals surface area contributed by atoms with Crippen molar-refractivity contribution in [2.45, 2.75) is 6.54 Å². The van der Waals surface area contributed by atoms with Gasteiger partial charge in [0, 0.05) is 28.0 Å². The highest BCUT2D eigenvalue weighted by Gasteiger charge is 2.08. The minimum Gasteiger partial charge on any atom is -0.455 e. The smallest absolute Gasteiger partial charge is 0.154 e. The van der Waals surface area contributed by atoms with Gasteiger partial charge in [0.25, 0.3) is 0 Å². The minimum absolute atomic E-state index is 0.528. The number of hydrogen-bond donors (Lipinski definition) is 1. The Balaban J connectivity index is 2.00. The molecule has 2 aromatic heterocycles. The molecule has 96 valence electrons. The molecule has 2 heterocycles. The van der Waals surface area contributed by atoms with E-state index < -0.39 is 0 Å². The fourth-order valence-electron chi connectivity index (χ4n) is 1.80. The van der Waals surface area contributed by atoms with Crippen molar-refractivity contribution in [3.63, 3.8) is 0 Å². The lowest BCUT2D eigenvalue weighted by Crippen LogP contribution is -1.91. The number of rotatable bonds is 3. The number of pyridine rings is 1. The van der Waals surface area contributed by atoms with Crippen molar-refractivity contribution in [3.05, 3.63) is 52.6 Å². The normalized spacial score (nSPS) is 10.8. The average molecular weight is 291 g/mol. The molecule has 2 N–H and O–H groups in total. The van der Waals surface area contributed by atoms with E-state index in [4.69, 9.17) is 22.1 Å². The number of nitrogens with zero attached hydrogens (tertiary/aromatic N) is 1. The third-order valence-corrected chi connectivity index (χ3v) is 4.05. The van der Waals surface area contributed by atoms with Gasteiger partial charge in [-0.2, -0.15) is 0 Å². The topological polar surface area (TPSA) is 48.1 Å². The Labute approximate surface area is 119 Å². The van der Waals surface area contributed by atoms with Crippen molar-refractivity contribution in [1.82, 2.24) is 4.98 Å². The van der Waals surface area contributed by atoms with Crippen molar-refractivity contribution in [2.24, 2.45) is 5.73 Å². The monoisotopic (exact) mass is 290 g/mol. The summed E-state index contributed by atoms with van der Waals surface area (Å²) in [6.07, 6.45) is 3.54. The van der Waals surface area contributed by atoms with Crippen LogP contribution in [-0.2, 0) is 6.54 Å². The largest absolute Gasteiger partial charge is 0.455 e. The zero-order chi connectivity index (χ0) is 13.2. The van der Waals surface area contributed by atoms with Crippen LogP contribution in [0.3, 0.4) is 0 Å². The molecular weight excluding hydrogens is 280 g/mol. The summed E-state index contributed by atoms with van der Waals surface area (Å²) in [6.45, 7) is 0.528. The second kappa shape index (κ2) is 5.17. The van der Waals surface area contributed by atoms with Crippen molar-refractivity contribution in [3.8, 4) is 11.5 Å². The van der Waals surface area contributed by atoms with Crippen LogP contribution in [-0.4, -0.2) is 4.98 Å². The van der Waals surface area contributed by atoms with Crippen LogP contribution in [0, 0.1) is 0 Å². The molecule has 0 amide bonds. The minimum atomic E-state index is 0.528. The van der Waals surface area contributed by atoms with Gasteiger partial charge in [-0.05, 0) is 30.3 Å². The first kappa shape index (κ1) is 12.4. The summed E-state index contributed by atoms with van der Waals surface area (Å²) in [5.41, 5.74) is 5.67. The van der Waals surface area contributed by atoms with Gasteiger partial charge >= 0.3 is 0 Å². The van der Waals surface area contributed by atoms with Gasteiger partial charge in [0.1, 0.15) is 5.75 Å². The molecule has 0 unspecified atom stereocenters. The zero-order valence-electron chi connectivity index (χ0n) is 9.97. The molecule has 0 saturated carbocycles. The number of benzene rings is 1. The van der Waals surface area contributed by atoms with Crippen LogP contribution in [0.5, 0.6) is 11.5 Å². The van der Waals surface area contributed by atoms with Crippen molar-refractivity contribution in [1.29, 1.82) is 0 Å². The number of nitrogens with two attached hydrogens (primary N) is 1. The number of halogens is 1. The fraction of sp³-hybridized carbons (Fsp3) is 0.0714. The van der Waals surface area contributed by atoms with Crippen LogP contribution in [0.4, 0.5) is 0 Å². The lowest BCUT2D eigenvalue weighted by Gasteiger charge is -2.06. The van der Waals surface area contributed by atoms with E-state index in [0.29, 0.717) is 11.6 Å². The van der Waals surface area contributed by atoms with E-state index in [0.717, 1.165) is 26.5 Å². The maximum atomic E-state index is 5.85. The molecule has 0 bridgehead atoms. The molecule has 0 radical (unpaired) electrons. The van der Waals surface area contributed by atoms with Crippen LogP contribution < -0.4 is 10.5 Å². The first-order chi connectivity index (χ1) is 9.26. The Morgan fingerprint density at radius 2 is 2.00 bits per heavy atom. The Kier molecular flexibility index (Phi) is 3.38. The molecule has 0 fully saturated rings. The molecule has 0 aliphatic rings. The predicted molar refractivity (Wildman–Crippen MR) is 79.0 cm³/mol. The van der Waals surface area contributed by atoms with Crippen molar-refractivity contribution < 1.29 is 4.74 Å². The predicted octanol–water partition coefficient (Wildman–Crippen LogP) is 4.20. The Morgan fingerprint density at radius 1 is 1.21 bits per heavy atom. The van der Waals surface area contributed by atoms with Crippen LogP contribution in [0.15, 0.2) is 42.7 Å². The highest BCUT2D eigenvalue weighted by Crippen LogP contribution is 2.34. The summed E-state index contributed by atoms with van der Waals surface area (Å²) in [4.78, 5) is 5.31. The molecule has 0 atom stereocenters. The van der Waals surface area contributed by atoms with Gasteiger partial charge in [-0.15, -0.1) is 11.3 Å². The number of ether oxygens (including phenoxy) is 1. The van der Waals surface area contributed by atoms with Crippen LogP contribution in [0.25, 0.3) is 10.1 Å². The molecule has 0 aliphatic heterocycles. The third kappa shape index (κ3) is 2.56. The second-order valence-electron chi connectivity index (χ2n) is 4.02. The Morgan fingerprint density at radius 3 is 2.74 bits per heavy atom. The Hall–Kier alpha value is -1.62. The van der Waals surface area contributed by atoms with E-state index in [9.17, 15) is 0 Å².